The van der Waals surface area contributed by atoms with E-state index in [1.165, 1.54) is 0 Å². The zero-order chi connectivity index (χ0) is 12.4. The lowest BCUT2D eigenvalue weighted by atomic mass is 10.1. The van der Waals surface area contributed by atoms with E-state index in [2.05, 4.69) is 15.5 Å². The Balaban J connectivity index is 0.00000133. The first kappa shape index (κ1) is 13.8. The van der Waals surface area contributed by atoms with E-state index in [9.17, 15) is 0 Å². The van der Waals surface area contributed by atoms with E-state index in [0.29, 0.717) is 11.7 Å². The molecular formula is C13H16ClN3O2. The highest BCUT2D eigenvalue weighted by atomic mass is 35.5. The number of ether oxygens (including phenoxy) is 1. The maximum absolute atomic E-state index is 5.33. The van der Waals surface area contributed by atoms with Gasteiger partial charge in [-0.2, -0.15) is 4.98 Å². The van der Waals surface area contributed by atoms with Crippen LogP contribution in [0, 0.1) is 0 Å². The molecule has 0 spiro atoms. The molecule has 3 rings (SSSR count). The monoisotopic (exact) mass is 281 g/mol. The second-order valence-corrected chi connectivity index (χ2v) is 4.38. The fraction of sp³-hybridized carbons (Fsp3) is 0.385. The molecule has 102 valence electrons. The molecule has 19 heavy (non-hydrogen) atoms. The van der Waals surface area contributed by atoms with Crippen LogP contribution in [0.15, 0.2) is 28.8 Å². The lowest BCUT2D eigenvalue weighted by Gasteiger charge is -2.00. The molecule has 0 unspecified atom stereocenters. The first-order valence-electron chi connectivity index (χ1n) is 6.05. The lowest BCUT2D eigenvalue weighted by molar-refractivity contribution is 0.359. The van der Waals surface area contributed by atoms with Crippen molar-refractivity contribution >= 4 is 12.4 Å². The van der Waals surface area contributed by atoms with Crippen LogP contribution in [0.5, 0.6) is 5.75 Å². The SMILES string of the molecule is COc1cccc(-c2noc([C@@H]3CCNC3)n2)c1.Cl. The summed E-state index contributed by atoms with van der Waals surface area (Å²) in [6.45, 7) is 1.93. The van der Waals surface area contributed by atoms with Crippen molar-refractivity contribution in [2.45, 2.75) is 12.3 Å². The fourth-order valence-electron chi connectivity index (χ4n) is 2.15. The van der Waals surface area contributed by atoms with Crippen molar-refractivity contribution < 1.29 is 9.26 Å². The standard InChI is InChI=1S/C13H15N3O2.ClH/c1-17-11-4-2-3-9(7-11)12-15-13(18-16-12)10-5-6-14-8-10;/h2-4,7,10,14H,5-6,8H2,1H3;1H/t10-;/m1./s1. The quantitative estimate of drug-likeness (QED) is 0.935. The third-order valence-corrected chi connectivity index (χ3v) is 3.18. The largest absolute Gasteiger partial charge is 0.497 e. The number of benzene rings is 1. The summed E-state index contributed by atoms with van der Waals surface area (Å²) in [6, 6.07) is 7.66. The van der Waals surface area contributed by atoms with Crippen LogP contribution in [0.25, 0.3) is 11.4 Å². The molecule has 5 nitrogen and oxygen atoms in total. The Morgan fingerprint density at radius 2 is 2.32 bits per heavy atom. The number of nitrogens with one attached hydrogen (secondary N) is 1. The maximum Gasteiger partial charge on any atom is 0.231 e. The van der Waals surface area contributed by atoms with Crippen molar-refractivity contribution in [2.24, 2.45) is 0 Å². The highest BCUT2D eigenvalue weighted by molar-refractivity contribution is 5.85. The fourth-order valence-corrected chi connectivity index (χ4v) is 2.15. The second kappa shape index (κ2) is 6.04. The molecule has 1 aliphatic heterocycles. The lowest BCUT2D eigenvalue weighted by Crippen LogP contribution is -2.08. The molecule has 0 bridgehead atoms. The number of hydrogen-bond acceptors (Lipinski definition) is 5. The number of hydrogen-bond donors (Lipinski definition) is 1. The third kappa shape index (κ3) is 2.88. The summed E-state index contributed by atoms with van der Waals surface area (Å²) in [6.07, 6.45) is 1.06. The summed E-state index contributed by atoms with van der Waals surface area (Å²) < 4.78 is 10.5. The van der Waals surface area contributed by atoms with E-state index < -0.39 is 0 Å². The molecule has 1 fully saturated rings. The van der Waals surface area contributed by atoms with Gasteiger partial charge in [-0.3, -0.25) is 0 Å². The molecule has 2 heterocycles. The van der Waals surface area contributed by atoms with Crippen molar-refractivity contribution in [3.63, 3.8) is 0 Å². The van der Waals surface area contributed by atoms with Crippen molar-refractivity contribution in [1.82, 2.24) is 15.5 Å². The Morgan fingerprint density at radius 1 is 1.42 bits per heavy atom. The molecular weight excluding hydrogens is 266 g/mol. The predicted molar refractivity (Wildman–Crippen MR) is 73.8 cm³/mol. The van der Waals surface area contributed by atoms with Crippen LogP contribution in [0.3, 0.4) is 0 Å². The molecule has 0 aliphatic carbocycles. The predicted octanol–water partition coefficient (Wildman–Crippen LogP) is 2.24. The first-order chi connectivity index (χ1) is 8.86. The molecule has 1 N–H and O–H groups in total. The van der Waals surface area contributed by atoms with E-state index >= 15 is 0 Å². The van der Waals surface area contributed by atoms with Gasteiger partial charge in [0.25, 0.3) is 0 Å². The van der Waals surface area contributed by atoms with Gasteiger partial charge in [0.2, 0.25) is 11.7 Å². The average Bonchev–Trinajstić information content (AvgIpc) is 3.09. The summed E-state index contributed by atoms with van der Waals surface area (Å²) in [5.74, 6) is 2.48. The van der Waals surface area contributed by atoms with E-state index in [1.54, 1.807) is 7.11 Å². The molecule has 1 saturated heterocycles. The Morgan fingerprint density at radius 3 is 3.05 bits per heavy atom. The minimum atomic E-state index is 0. The highest BCUT2D eigenvalue weighted by Gasteiger charge is 2.23. The van der Waals surface area contributed by atoms with Gasteiger partial charge in [-0.05, 0) is 25.1 Å². The number of rotatable bonds is 3. The van der Waals surface area contributed by atoms with E-state index in [4.69, 9.17) is 9.26 Å². The molecule has 6 heteroatoms. The zero-order valence-corrected chi connectivity index (χ0v) is 11.4. The van der Waals surface area contributed by atoms with E-state index in [0.717, 1.165) is 36.7 Å². The molecule has 1 aliphatic rings. The third-order valence-electron chi connectivity index (χ3n) is 3.18. The van der Waals surface area contributed by atoms with Crippen molar-refractivity contribution in [3.05, 3.63) is 30.2 Å². The number of methoxy groups -OCH3 is 1. The minimum absolute atomic E-state index is 0. The van der Waals surface area contributed by atoms with Gasteiger partial charge in [0.05, 0.1) is 13.0 Å². The summed E-state index contributed by atoms with van der Waals surface area (Å²) in [4.78, 5) is 4.46. The van der Waals surface area contributed by atoms with Crippen LogP contribution in [-0.4, -0.2) is 30.3 Å². The minimum Gasteiger partial charge on any atom is -0.497 e. The topological polar surface area (TPSA) is 60.2 Å². The van der Waals surface area contributed by atoms with Gasteiger partial charge in [-0.1, -0.05) is 17.3 Å². The summed E-state index contributed by atoms with van der Waals surface area (Å²) in [7, 11) is 1.64. The smallest absolute Gasteiger partial charge is 0.231 e. The zero-order valence-electron chi connectivity index (χ0n) is 10.6. The van der Waals surface area contributed by atoms with Gasteiger partial charge in [-0.25, -0.2) is 0 Å². The molecule has 0 amide bonds. The van der Waals surface area contributed by atoms with Crippen LogP contribution in [0.4, 0.5) is 0 Å². The molecule has 0 saturated carbocycles. The van der Waals surface area contributed by atoms with Crippen molar-refractivity contribution in [3.8, 4) is 17.1 Å². The Bertz CT molecular complexity index is 538. The number of halogens is 1. The highest BCUT2D eigenvalue weighted by Crippen LogP contribution is 2.25. The van der Waals surface area contributed by atoms with Gasteiger partial charge >= 0.3 is 0 Å². The van der Waals surface area contributed by atoms with Crippen LogP contribution in [0.2, 0.25) is 0 Å². The normalized spacial score (nSPS) is 18.1. The second-order valence-electron chi connectivity index (χ2n) is 4.38. The summed E-state index contributed by atoms with van der Waals surface area (Å²) in [5.41, 5.74) is 0.912. The molecule has 1 atom stereocenters. The van der Waals surface area contributed by atoms with Gasteiger partial charge in [-0.15, -0.1) is 12.4 Å². The molecule has 0 radical (unpaired) electrons. The van der Waals surface area contributed by atoms with Crippen molar-refractivity contribution in [2.75, 3.05) is 20.2 Å². The number of nitrogens with zero attached hydrogens (tertiary/aromatic N) is 2. The van der Waals surface area contributed by atoms with E-state index in [-0.39, 0.29) is 12.4 Å². The van der Waals surface area contributed by atoms with Gasteiger partial charge in [0, 0.05) is 12.1 Å². The molecule has 1 aromatic carbocycles. The first-order valence-corrected chi connectivity index (χ1v) is 6.05. The summed E-state index contributed by atoms with van der Waals surface area (Å²) in [5, 5.41) is 7.33. The Hall–Kier alpha value is -1.59. The van der Waals surface area contributed by atoms with Crippen LogP contribution >= 0.6 is 12.4 Å². The van der Waals surface area contributed by atoms with Gasteiger partial charge in [0.1, 0.15) is 5.75 Å². The Labute approximate surface area is 117 Å². The average molecular weight is 282 g/mol. The van der Waals surface area contributed by atoms with Crippen LogP contribution in [-0.2, 0) is 0 Å². The summed E-state index contributed by atoms with van der Waals surface area (Å²) >= 11 is 0. The Kier molecular flexibility index (Phi) is 4.39. The molecule has 1 aromatic heterocycles. The van der Waals surface area contributed by atoms with Gasteiger partial charge < -0.3 is 14.6 Å². The van der Waals surface area contributed by atoms with Crippen LogP contribution < -0.4 is 10.1 Å². The van der Waals surface area contributed by atoms with Crippen LogP contribution in [0.1, 0.15) is 18.2 Å². The number of aromatic nitrogens is 2. The van der Waals surface area contributed by atoms with Crippen molar-refractivity contribution in [1.29, 1.82) is 0 Å². The molecule has 2 aromatic rings. The van der Waals surface area contributed by atoms with Gasteiger partial charge in [0.15, 0.2) is 0 Å². The van der Waals surface area contributed by atoms with E-state index in [1.807, 2.05) is 24.3 Å². The maximum atomic E-state index is 5.33.